The van der Waals surface area contributed by atoms with Gasteiger partial charge in [0.15, 0.2) is 0 Å². The maximum absolute atomic E-state index is 13.9. The summed E-state index contributed by atoms with van der Waals surface area (Å²) in [5.41, 5.74) is -7.14. The Hall–Kier alpha value is -2.46. The van der Waals surface area contributed by atoms with Crippen molar-refractivity contribution < 1.29 is 41.1 Å². The molecular formula is C18H8Cl2F6NO3-. The molecule has 1 heterocycles. The largest absolute Gasteiger partial charge is 0.545 e. The lowest BCUT2D eigenvalue weighted by Crippen LogP contribution is -2.42. The first-order valence-corrected chi connectivity index (χ1v) is 8.71. The molecule has 0 radical (unpaired) electrons. The van der Waals surface area contributed by atoms with Crippen LogP contribution in [0, 0.1) is 0 Å². The lowest BCUT2D eigenvalue weighted by Gasteiger charge is -2.29. The van der Waals surface area contributed by atoms with E-state index in [9.17, 15) is 36.2 Å². The number of carbonyl (C=O) groups is 1. The highest BCUT2D eigenvalue weighted by atomic mass is 35.5. The van der Waals surface area contributed by atoms with E-state index in [-0.39, 0.29) is 10.0 Å². The van der Waals surface area contributed by atoms with E-state index in [0.29, 0.717) is 12.1 Å². The fraction of sp³-hybridized carbons (Fsp3) is 0.222. The molecule has 0 spiro atoms. The number of alkyl halides is 6. The summed E-state index contributed by atoms with van der Waals surface area (Å²) >= 11 is 11.6. The van der Waals surface area contributed by atoms with Gasteiger partial charge in [-0.05, 0) is 24.3 Å². The number of halogens is 8. The summed E-state index contributed by atoms with van der Waals surface area (Å²) in [6, 6.07) is 4.96. The molecule has 0 aliphatic carbocycles. The lowest BCUT2D eigenvalue weighted by molar-refractivity contribution is -0.275. The van der Waals surface area contributed by atoms with Crippen molar-refractivity contribution in [3.05, 3.63) is 68.7 Å². The predicted octanol–water partition coefficient (Wildman–Crippen LogP) is 4.96. The molecule has 0 saturated carbocycles. The highest BCUT2D eigenvalue weighted by Gasteiger charge is 2.62. The smallest absolute Gasteiger partial charge is 0.435 e. The molecule has 160 valence electrons. The SMILES string of the molecule is O=C([O-])c1ccc(C2=NOC(c3cc(Cl)cc(Cl)c3)(C(F)(F)F)C2)cc1C(F)(F)F. The summed E-state index contributed by atoms with van der Waals surface area (Å²) in [5.74, 6) is -2.09. The molecule has 30 heavy (non-hydrogen) atoms. The fourth-order valence-corrected chi connectivity index (χ4v) is 3.51. The zero-order chi connectivity index (χ0) is 22.5. The predicted molar refractivity (Wildman–Crippen MR) is 92.2 cm³/mol. The molecule has 1 atom stereocenters. The van der Waals surface area contributed by atoms with Gasteiger partial charge in [0.25, 0.3) is 5.60 Å². The van der Waals surface area contributed by atoms with Crippen LogP contribution < -0.4 is 5.11 Å². The van der Waals surface area contributed by atoms with E-state index in [1.54, 1.807) is 0 Å². The summed E-state index contributed by atoms with van der Waals surface area (Å²) < 4.78 is 81.4. The Labute approximate surface area is 174 Å². The first-order valence-electron chi connectivity index (χ1n) is 7.96. The minimum absolute atomic E-state index is 0.115. The molecule has 0 aromatic heterocycles. The van der Waals surface area contributed by atoms with Gasteiger partial charge in [-0.1, -0.05) is 40.5 Å². The number of nitrogens with zero attached hydrogens (tertiary/aromatic N) is 1. The zero-order valence-electron chi connectivity index (χ0n) is 14.4. The van der Waals surface area contributed by atoms with Crippen molar-refractivity contribution >= 4 is 34.9 Å². The second-order valence-corrected chi connectivity index (χ2v) is 7.21. The Morgan fingerprint density at radius 3 is 2.13 bits per heavy atom. The van der Waals surface area contributed by atoms with E-state index in [1.807, 2.05) is 0 Å². The van der Waals surface area contributed by atoms with Gasteiger partial charge in [-0.3, -0.25) is 0 Å². The molecule has 2 aromatic rings. The minimum Gasteiger partial charge on any atom is -0.545 e. The third-order valence-electron chi connectivity index (χ3n) is 4.39. The van der Waals surface area contributed by atoms with Gasteiger partial charge in [0, 0.05) is 33.2 Å². The van der Waals surface area contributed by atoms with Crippen LogP contribution in [0.2, 0.25) is 10.0 Å². The van der Waals surface area contributed by atoms with Crippen molar-refractivity contribution in [1.29, 1.82) is 0 Å². The van der Waals surface area contributed by atoms with Crippen molar-refractivity contribution in [2.24, 2.45) is 5.16 Å². The van der Waals surface area contributed by atoms with Gasteiger partial charge in [0.05, 0.1) is 17.2 Å². The van der Waals surface area contributed by atoms with Crippen LogP contribution >= 0.6 is 23.2 Å². The monoisotopic (exact) mass is 470 g/mol. The van der Waals surface area contributed by atoms with Crippen LogP contribution in [0.4, 0.5) is 26.3 Å². The number of carboxylic acid groups (broad SMARTS) is 1. The van der Waals surface area contributed by atoms with Crippen LogP contribution in [0.15, 0.2) is 41.6 Å². The third-order valence-corrected chi connectivity index (χ3v) is 4.83. The molecule has 0 amide bonds. The normalized spacial score (nSPS) is 19.4. The average molecular weight is 471 g/mol. The number of hydrogen-bond acceptors (Lipinski definition) is 4. The van der Waals surface area contributed by atoms with Gasteiger partial charge < -0.3 is 14.7 Å². The fourth-order valence-electron chi connectivity index (χ4n) is 2.98. The molecule has 0 fully saturated rings. The highest BCUT2D eigenvalue weighted by molar-refractivity contribution is 6.34. The van der Waals surface area contributed by atoms with Gasteiger partial charge in [-0.25, -0.2) is 0 Å². The average Bonchev–Trinajstić information content (AvgIpc) is 3.06. The Morgan fingerprint density at radius 2 is 1.63 bits per heavy atom. The van der Waals surface area contributed by atoms with Crippen LogP contribution in [0.25, 0.3) is 0 Å². The van der Waals surface area contributed by atoms with E-state index >= 15 is 0 Å². The summed E-state index contributed by atoms with van der Waals surface area (Å²) in [4.78, 5) is 15.7. The molecule has 0 saturated heterocycles. The van der Waals surface area contributed by atoms with E-state index in [0.717, 1.165) is 18.2 Å². The van der Waals surface area contributed by atoms with Crippen molar-refractivity contribution in [2.45, 2.75) is 24.4 Å². The summed E-state index contributed by atoms with van der Waals surface area (Å²) in [7, 11) is 0. The molecule has 1 aliphatic rings. The second-order valence-electron chi connectivity index (χ2n) is 6.33. The first-order chi connectivity index (χ1) is 13.7. The molecule has 1 unspecified atom stereocenters. The number of hydrogen-bond donors (Lipinski definition) is 0. The number of carbonyl (C=O) groups excluding carboxylic acids is 1. The van der Waals surface area contributed by atoms with Gasteiger partial charge >= 0.3 is 12.4 Å². The van der Waals surface area contributed by atoms with Crippen molar-refractivity contribution in [3.8, 4) is 0 Å². The molecule has 0 bridgehead atoms. The van der Waals surface area contributed by atoms with Crippen LogP contribution in [0.5, 0.6) is 0 Å². The van der Waals surface area contributed by atoms with Crippen molar-refractivity contribution in [3.63, 3.8) is 0 Å². The summed E-state index contributed by atoms with van der Waals surface area (Å²) in [6.45, 7) is 0. The van der Waals surface area contributed by atoms with Crippen LogP contribution in [-0.4, -0.2) is 17.9 Å². The van der Waals surface area contributed by atoms with E-state index in [1.165, 1.54) is 6.07 Å². The Morgan fingerprint density at radius 1 is 1.03 bits per heavy atom. The number of aromatic carboxylic acids is 1. The number of oxime groups is 1. The number of rotatable bonds is 3. The molecule has 2 aromatic carbocycles. The number of carboxylic acids is 1. The van der Waals surface area contributed by atoms with Crippen LogP contribution in [0.3, 0.4) is 0 Å². The standard InChI is InChI=1S/C18H9Cl2F6NO3/c19-10-4-9(5-11(20)6-10)16(18(24,25)26)7-14(27-30-16)8-1-2-12(15(28)29)13(3-8)17(21,22)23/h1-6H,7H2,(H,28,29)/p-1. The maximum atomic E-state index is 13.9. The van der Waals surface area contributed by atoms with Crippen LogP contribution in [0.1, 0.15) is 33.5 Å². The third kappa shape index (κ3) is 3.93. The van der Waals surface area contributed by atoms with Gasteiger partial charge in [-0.15, -0.1) is 0 Å². The van der Waals surface area contributed by atoms with Gasteiger partial charge in [-0.2, -0.15) is 26.3 Å². The second kappa shape index (κ2) is 7.35. The lowest BCUT2D eigenvalue weighted by atomic mass is 9.86. The molecule has 4 nitrogen and oxygen atoms in total. The summed E-state index contributed by atoms with van der Waals surface area (Å²) in [6.07, 6.45) is -11.1. The Bertz CT molecular complexity index is 1030. The van der Waals surface area contributed by atoms with E-state index in [2.05, 4.69) is 5.16 Å². The van der Waals surface area contributed by atoms with E-state index in [4.69, 9.17) is 28.0 Å². The molecular weight excluding hydrogens is 463 g/mol. The topological polar surface area (TPSA) is 61.7 Å². The van der Waals surface area contributed by atoms with Gasteiger partial charge in [0.2, 0.25) is 0 Å². The molecule has 3 rings (SSSR count). The zero-order valence-corrected chi connectivity index (χ0v) is 15.9. The first kappa shape index (κ1) is 22.2. The van der Waals surface area contributed by atoms with Crippen molar-refractivity contribution in [1.82, 2.24) is 0 Å². The van der Waals surface area contributed by atoms with E-state index < -0.39 is 58.3 Å². The minimum atomic E-state index is -5.09. The number of benzene rings is 2. The highest BCUT2D eigenvalue weighted by Crippen LogP contribution is 2.50. The molecule has 12 heteroatoms. The van der Waals surface area contributed by atoms with Crippen molar-refractivity contribution in [2.75, 3.05) is 0 Å². The van der Waals surface area contributed by atoms with Crippen LogP contribution in [-0.2, 0) is 16.6 Å². The summed E-state index contributed by atoms with van der Waals surface area (Å²) in [5, 5.41) is 14.1. The Balaban J connectivity index is 2.08. The Kier molecular flexibility index (Phi) is 5.44. The molecule has 0 N–H and O–H groups in total. The van der Waals surface area contributed by atoms with Gasteiger partial charge in [0.1, 0.15) is 0 Å². The quantitative estimate of drug-likeness (QED) is 0.595. The molecule has 1 aliphatic heterocycles. The maximum Gasteiger partial charge on any atom is 0.435 e.